The molecule has 146 valence electrons. The van der Waals surface area contributed by atoms with Crippen molar-refractivity contribution in [3.05, 3.63) is 107 Å². The Morgan fingerprint density at radius 3 is 2.52 bits per heavy atom. The number of benzene rings is 1. The van der Waals surface area contributed by atoms with Gasteiger partial charge in [-0.3, -0.25) is 9.78 Å². The second-order valence-corrected chi connectivity index (χ2v) is 7.02. The van der Waals surface area contributed by atoms with E-state index in [4.69, 9.17) is 0 Å². The molecule has 0 aliphatic heterocycles. The summed E-state index contributed by atoms with van der Waals surface area (Å²) in [5.41, 5.74) is 5.09. The Morgan fingerprint density at radius 2 is 1.76 bits per heavy atom. The zero-order valence-corrected chi connectivity index (χ0v) is 15.8. The Morgan fingerprint density at radius 1 is 0.966 bits per heavy atom. The molecule has 6 heteroatoms. The second-order valence-electron chi connectivity index (χ2n) is 7.02. The van der Waals surface area contributed by atoms with Gasteiger partial charge in [-0.2, -0.15) is 0 Å². The summed E-state index contributed by atoms with van der Waals surface area (Å²) in [4.78, 5) is 16.5. The standard InChI is InChI=1S/C23H19F2N3O/c1-15-8-18(9-17-2-3-20(24)21(25)10-17)13-28-14-19(11-22(15)28)23(29)27-12-16-4-6-26-7-5-16/h2-8,10-11,13-14H,9,12H2,1H3,(H,27,29). The van der Waals surface area contributed by atoms with Crippen LogP contribution in [-0.2, 0) is 13.0 Å². The predicted molar refractivity (Wildman–Crippen MR) is 107 cm³/mol. The number of aromatic nitrogens is 2. The molecule has 4 aromatic rings. The van der Waals surface area contributed by atoms with Gasteiger partial charge in [0, 0.05) is 36.8 Å². The lowest BCUT2D eigenvalue weighted by molar-refractivity contribution is 0.0951. The number of carbonyl (C=O) groups is 1. The number of fused-ring (bicyclic) bond motifs is 1. The van der Waals surface area contributed by atoms with Crippen LogP contribution >= 0.6 is 0 Å². The summed E-state index contributed by atoms with van der Waals surface area (Å²) in [6.07, 6.45) is 7.52. The largest absolute Gasteiger partial charge is 0.348 e. The highest BCUT2D eigenvalue weighted by Crippen LogP contribution is 2.20. The minimum Gasteiger partial charge on any atom is -0.348 e. The van der Waals surface area contributed by atoms with Gasteiger partial charge < -0.3 is 9.72 Å². The first-order chi connectivity index (χ1) is 14.0. The van der Waals surface area contributed by atoms with Gasteiger partial charge in [-0.15, -0.1) is 0 Å². The number of nitrogens with one attached hydrogen (secondary N) is 1. The van der Waals surface area contributed by atoms with Crippen molar-refractivity contribution in [3.63, 3.8) is 0 Å². The first kappa shape index (κ1) is 18.8. The quantitative estimate of drug-likeness (QED) is 0.547. The maximum absolute atomic E-state index is 13.5. The molecule has 3 heterocycles. The zero-order chi connectivity index (χ0) is 20.4. The minimum absolute atomic E-state index is 0.160. The van der Waals surface area contributed by atoms with Crippen molar-refractivity contribution in [1.29, 1.82) is 0 Å². The fourth-order valence-electron chi connectivity index (χ4n) is 3.36. The van der Waals surface area contributed by atoms with Gasteiger partial charge in [0.2, 0.25) is 0 Å². The Bertz CT molecular complexity index is 1190. The molecule has 0 fully saturated rings. The molecule has 4 rings (SSSR count). The fraction of sp³-hybridized carbons (Fsp3) is 0.130. The molecule has 0 spiro atoms. The predicted octanol–water partition coefficient (Wildman–Crippen LogP) is 4.44. The topological polar surface area (TPSA) is 46.4 Å². The van der Waals surface area contributed by atoms with Crippen LogP contribution in [0.4, 0.5) is 8.78 Å². The van der Waals surface area contributed by atoms with Crippen LogP contribution in [0.5, 0.6) is 0 Å². The average molecular weight is 391 g/mol. The van der Waals surface area contributed by atoms with E-state index < -0.39 is 11.6 Å². The van der Waals surface area contributed by atoms with Crippen molar-refractivity contribution >= 4 is 11.4 Å². The van der Waals surface area contributed by atoms with Gasteiger partial charge in [-0.1, -0.05) is 12.1 Å². The van der Waals surface area contributed by atoms with Crippen LogP contribution in [0.1, 0.15) is 32.6 Å². The highest BCUT2D eigenvalue weighted by atomic mass is 19.2. The third-order valence-electron chi connectivity index (χ3n) is 4.82. The van der Waals surface area contributed by atoms with Crippen LogP contribution < -0.4 is 5.32 Å². The molecule has 1 N–H and O–H groups in total. The summed E-state index contributed by atoms with van der Waals surface area (Å²) in [6.45, 7) is 2.39. The molecule has 0 aliphatic rings. The summed E-state index contributed by atoms with van der Waals surface area (Å²) in [5, 5.41) is 2.90. The van der Waals surface area contributed by atoms with Crippen molar-refractivity contribution in [1.82, 2.24) is 14.7 Å². The third-order valence-corrected chi connectivity index (χ3v) is 4.82. The van der Waals surface area contributed by atoms with Gasteiger partial charge in [-0.05, 0) is 65.9 Å². The van der Waals surface area contributed by atoms with E-state index in [1.807, 2.05) is 41.8 Å². The Balaban J connectivity index is 1.54. The first-order valence-corrected chi connectivity index (χ1v) is 9.22. The van der Waals surface area contributed by atoms with Gasteiger partial charge in [0.1, 0.15) is 0 Å². The molecule has 29 heavy (non-hydrogen) atoms. The maximum Gasteiger partial charge on any atom is 0.253 e. The summed E-state index contributed by atoms with van der Waals surface area (Å²) < 4.78 is 28.5. The van der Waals surface area contributed by atoms with Gasteiger partial charge >= 0.3 is 0 Å². The number of nitrogens with zero attached hydrogens (tertiary/aromatic N) is 2. The summed E-state index contributed by atoms with van der Waals surface area (Å²) in [7, 11) is 0. The molecule has 0 saturated carbocycles. The molecule has 3 aromatic heterocycles. The smallest absolute Gasteiger partial charge is 0.253 e. The van der Waals surface area contributed by atoms with E-state index in [0.29, 0.717) is 24.1 Å². The van der Waals surface area contributed by atoms with Crippen LogP contribution in [0.3, 0.4) is 0 Å². The van der Waals surface area contributed by atoms with Gasteiger partial charge in [0.05, 0.1) is 5.56 Å². The normalized spacial score (nSPS) is 11.0. The summed E-state index contributed by atoms with van der Waals surface area (Å²) >= 11 is 0. The molecule has 0 saturated heterocycles. The Kier molecular flexibility index (Phi) is 5.08. The number of hydrogen-bond donors (Lipinski definition) is 1. The maximum atomic E-state index is 13.5. The molecule has 0 bridgehead atoms. The van der Waals surface area contributed by atoms with E-state index in [2.05, 4.69) is 10.3 Å². The number of halogens is 2. The molecule has 0 unspecified atom stereocenters. The molecular weight excluding hydrogens is 372 g/mol. The van der Waals surface area contributed by atoms with Crippen LogP contribution in [0.25, 0.3) is 5.52 Å². The average Bonchev–Trinajstić information content (AvgIpc) is 3.15. The van der Waals surface area contributed by atoms with Crippen molar-refractivity contribution in [3.8, 4) is 0 Å². The highest BCUT2D eigenvalue weighted by molar-refractivity contribution is 5.95. The molecule has 0 radical (unpaired) electrons. The molecule has 0 atom stereocenters. The van der Waals surface area contributed by atoms with E-state index in [0.717, 1.165) is 28.3 Å². The molecule has 0 aliphatic carbocycles. The lowest BCUT2D eigenvalue weighted by Crippen LogP contribution is -2.22. The monoisotopic (exact) mass is 391 g/mol. The van der Waals surface area contributed by atoms with Gasteiger partial charge in [0.25, 0.3) is 5.91 Å². The number of hydrogen-bond acceptors (Lipinski definition) is 2. The van der Waals surface area contributed by atoms with Crippen LogP contribution in [0.2, 0.25) is 0 Å². The van der Waals surface area contributed by atoms with E-state index in [-0.39, 0.29) is 5.91 Å². The minimum atomic E-state index is -0.854. The lowest BCUT2D eigenvalue weighted by atomic mass is 10.0. The zero-order valence-electron chi connectivity index (χ0n) is 15.8. The molecule has 1 amide bonds. The van der Waals surface area contributed by atoms with Crippen molar-refractivity contribution in [2.45, 2.75) is 19.9 Å². The number of amides is 1. The van der Waals surface area contributed by atoms with E-state index in [1.54, 1.807) is 24.7 Å². The Hall–Kier alpha value is -3.54. The van der Waals surface area contributed by atoms with Crippen molar-refractivity contribution < 1.29 is 13.6 Å². The van der Waals surface area contributed by atoms with Gasteiger partial charge in [-0.25, -0.2) is 8.78 Å². The van der Waals surface area contributed by atoms with Crippen molar-refractivity contribution in [2.75, 3.05) is 0 Å². The number of pyridine rings is 2. The fourth-order valence-corrected chi connectivity index (χ4v) is 3.36. The number of rotatable bonds is 5. The van der Waals surface area contributed by atoms with Crippen LogP contribution in [-0.4, -0.2) is 15.3 Å². The summed E-state index contributed by atoms with van der Waals surface area (Å²) in [6, 6.07) is 11.5. The summed E-state index contributed by atoms with van der Waals surface area (Å²) in [5.74, 6) is -1.87. The van der Waals surface area contributed by atoms with Gasteiger partial charge in [0.15, 0.2) is 11.6 Å². The first-order valence-electron chi connectivity index (χ1n) is 9.22. The van der Waals surface area contributed by atoms with Crippen LogP contribution in [0.15, 0.2) is 67.3 Å². The molecule has 4 nitrogen and oxygen atoms in total. The third kappa shape index (κ3) is 4.16. The number of carbonyl (C=O) groups excluding carboxylic acids is 1. The van der Waals surface area contributed by atoms with E-state index in [9.17, 15) is 13.6 Å². The van der Waals surface area contributed by atoms with E-state index >= 15 is 0 Å². The van der Waals surface area contributed by atoms with Crippen molar-refractivity contribution in [2.24, 2.45) is 0 Å². The molecular formula is C23H19F2N3O. The molecule has 1 aromatic carbocycles. The Labute approximate surface area is 166 Å². The lowest BCUT2D eigenvalue weighted by Gasteiger charge is -2.07. The van der Waals surface area contributed by atoms with E-state index in [1.165, 1.54) is 6.07 Å². The highest BCUT2D eigenvalue weighted by Gasteiger charge is 2.11. The number of aryl methyl sites for hydroxylation is 1. The SMILES string of the molecule is Cc1cc(Cc2ccc(F)c(F)c2)cn2cc(C(=O)NCc3ccncc3)cc12. The second kappa shape index (κ2) is 7.83. The van der Waals surface area contributed by atoms with Crippen LogP contribution in [0, 0.1) is 18.6 Å².